The van der Waals surface area contributed by atoms with E-state index in [1.54, 1.807) is 0 Å². The van der Waals surface area contributed by atoms with Crippen LogP contribution in [0.2, 0.25) is 5.02 Å². The standard InChI is InChI=1S/C17H17ClN2/c1-17(2,19)15-13-5-3-4-6-14(13)20-16(15)11-7-9-12(18)10-8-11/h3-10,20H,19H2,1-2H3. The summed E-state index contributed by atoms with van der Waals surface area (Å²) in [5.74, 6) is 0. The van der Waals surface area contributed by atoms with Crippen LogP contribution in [-0.4, -0.2) is 4.98 Å². The lowest BCUT2D eigenvalue weighted by atomic mass is 9.90. The molecule has 0 fully saturated rings. The summed E-state index contributed by atoms with van der Waals surface area (Å²) in [5.41, 5.74) is 10.4. The van der Waals surface area contributed by atoms with Crippen molar-refractivity contribution in [3.63, 3.8) is 0 Å². The van der Waals surface area contributed by atoms with Gasteiger partial charge in [0.15, 0.2) is 0 Å². The molecule has 1 heterocycles. The van der Waals surface area contributed by atoms with Gasteiger partial charge >= 0.3 is 0 Å². The van der Waals surface area contributed by atoms with Gasteiger partial charge in [0.05, 0.1) is 5.69 Å². The summed E-state index contributed by atoms with van der Waals surface area (Å²) in [5, 5.41) is 1.91. The van der Waals surface area contributed by atoms with E-state index in [0.717, 1.165) is 27.4 Å². The topological polar surface area (TPSA) is 41.8 Å². The van der Waals surface area contributed by atoms with E-state index < -0.39 is 5.54 Å². The maximum Gasteiger partial charge on any atom is 0.0515 e. The summed E-state index contributed by atoms with van der Waals surface area (Å²) >= 11 is 5.97. The largest absolute Gasteiger partial charge is 0.354 e. The molecule has 3 aromatic rings. The number of rotatable bonds is 2. The number of benzene rings is 2. The van der Waals surface area contributed by atoms with Crippen LogP contribution in [-0.2, 0) is 5.54 Å². The summed E-state index contributed by atoms with van der Waals surface area (Å²) in [6, 6.07) is 16.1. The number of fused-ring (bicyclic) bond motifs is 1. The number of aromatic nitrogens is 1. The predicted molar refractivity (Wildman–Crippen MR) is 86.0 cm³/mol. The van der Waals surface area contributed by atoms with Gasteiger partial charge in [-0.1, -0.05) is 41.9 Å². The number of nitrogens with two attached hydrogens (primary N) is 1. The van der Waals surface area contributed by atoms with E-state index in [1.165, 1.54) is 5.39 Å². The molecule has 0 bridgehead atoms. The van der Waals surface area contributed by atoms with Gasteiger partial charge in [-0.3, -0.25) is 0 Å². The van der Waals surface area contributed by atoms with Gasteiger partial charge in [0.25, 0.3) is 0 Å². The Bertz CT molecular complexity index is 749. The smallest absolute Gasteiger partial charge is 0.0515 e. The second kappa shape index (κ2) is 4.65. The minimum atomic E-state index is -0.422. The molecule has 0 saturated carbocycles. The van der Waals surface area contributed by atoms with Crippen LogP contribution < -0.4 is 5.73 Å². The molecule has 3 rings (SSSR count). The minimum absolute atomic E-state index is 0.422. The lowest BCUT2D eigenvalue weighted by Crippen LogP contribution is -2.29. The molecule has 3 N–H and O–H groups in total. The highest BCUT2D eigenvalue weighted by molar-refractivity contribution is 6.30. The van der Waals surface area contributed by atoms with Gasteiger partial charge < -0.3 is 10.7 Å². The fraction of sp³-hybridized carbons (Fsp3) is 0.176. The third kappa shape index (κ3) is 2.21. The van der Waals surface area contributed by atoms with Crippen LogP contribution in [0, 0.1) is 0 Å². The van der Waals surface area contributed by atoms with Crippen molar-refractivity contribution in [1.29, 1.82) is 0 Å². The Balaban J connectivity index is 2.32. The molecule has 1 aromatic heterocycles. The van der Waals surface area contributed by atoms with E-state index in [9.17, 15) is 0 Å². The molecule has 0 atom stereocenters. The molecule has 0 aliphatic carbocycles. The lowest BCUT2D eigenvalue weighted by Gasteiger charge is -2.20. The highest BCUT2D eigenvalue weighted by Crippen LogP contribution is 2.36. The normalized spacial score (nSPS) is 12.0. The van der Waals surface area contributed by atoms with Crippen LogP contribution in [0.25, 0.3) is 22.2 Å². The number of nitrogens with one attached hydrogen (secondary N) is 1. The third-order valence-electron chi connectivity index (χ3n) is 3.48. The fourth-order valence-corrected chi connectivity index (χ4v) is 2.77. The van der Waals surface area contributed by atoms with Crippen LogP contribution in [0.3, 0.4) is 0 Å². The van der Waals surface area contributed by atoms with E-state index in [0.29, 0.717) is 0 Å². The summed E-state index contributed by atoms with van der Waals surface area (Å²) < 4.78 is 0. The van der Waals surface area contributed by atoms with Gasteiger partial charge in [-0.05, 0) is 37.6 Å². The van der Waals surface area contributed by atoms with Crippen molar-refractivity contribution in [2.24, 2.45) is 5.73 Å². The molecule has 20 heavy (non-hydrogen) atoms. The summed E-state index contributed by atoms with van der Waals surface area (Å²) in [7, 11) is 0. The number of hydrogen-bond acceptors (Lipinski definition) is 1. The number of H-pyrrole nitrogens is 1. The minimum Gasteiger partial charge on any atom is -0.354 e. The first-order valence-electron chi connectivity index (χ1n) is 6.63. The Morgan fingerprint density at radius 1 is 1.00 bits per heavy atom. The second-order valence-electron chi connectivity index (χ2n) is 5.65. The predicted octanol–water partition coefficient (Wildman–Crippen LogP) is 4.68. The van der Waals surface area contributed by atoms with Gasteiger partial charge in [-0.2, -0.15) is 0 Å². The van der Waals surface area contributed by atoms with Crippen molar-refractivity contribution < 1.29 is 0 Å². The Labute approximate surface area is 123 Å². The molecule has 0 saturated heterocycles. The van der Waals surface area contributed by atoms with Gasteiger partial charge in [-0.25, -0.2) is 0 Å². The Hall–Kier alpha value is -1.77. The van der Waals surface area contributed by atoms with Gasteiger partial charge in [0.2, 0.25) is 0 Å². The SMILES string of the molecule is CC(C)(N)c1c(-c2ccc(Cl)cc2)[nH]c2ccccc12. The molecule has 3 heteroatoms. The fourth-order valence-electron chi connectivity index (χ4n) is 2.64. The van der Waals surface area contributed by atoms with Crippen molar-refractivity contribution >= 4 is 22.5 Å². The van der Waals surface area contributed by atoms with Crippen molar-refractivity contribution in [2.45, 2.75) is 19.4 Å². The Morgan fingerprint density at radius 3 is 2.30 bits per heavy atom. The average molecular weight is 285 g/mol. The van der Waals surface area contributed by atoms with Gasteiger partial charge in [0.1, 0.15) is 0 Å². The first-order valence-corrected chi connectivity index (χ1v) is 7.00. The lowest BCUT2D eigenvalue weighted by molar-refractivity contribution is 0.561. The molecular weight excluding hydrogens is 268 g/mol. The third-order valence-corrected chi connectivity index (χ3v) is 3.74. The molecule has 0 unspecified atom stereocenters. The number of aromatic amines is 1. The highest BCUT2D eigenvalue weighted by atomic mass is 35.5. The Morgan fingerprint density at radius 2 is 1.65 bits per heavy atom. The molecule has 0 spiro atoms. The molecule has 0 aliphatic rings. The second-order valence-corrected chi connectivity index (χ2v) is 6.09. The Kier molecular flexibility index (Phi) is 3.08. The van der Waals surface area contributed by atoms with Crippen LogP contribution in [0.5, 0.6) is 0 Å². The first kappa shape index (κ1) is 13.2. The monoisotopic (exact) mass is 284 g/mol. The molecule has 0 radical (unpaired) electrons. The number of halogens is 1. The molecule has 2 nitrogen and oxygen atoms in total. The first-order chi connectivity index (χ1) is 9.47. The molecule has 102 valence electrons. The van der Waals surface area contributed by atoms with Gasteiger partial charge in [0, 0.05) is 27.0 Å². The highest BCUT2D eigenvalue weighted by Gasteiger charge is 2.24. The molecule has 0 aliphatic heterocycles. The molecule has 0 amide bonds. The maximum absolute atomic E-state index is 6.39. The summed E-state index contributed by atoms with van der Waals surface area (Å²) in [6.07, 6.45) is 0. The van der Waals surface area contributed by atoms with E-state index >= 15 is 0 Å². The summed E-state index contributed by atoms with van der Waals surface area (Å²) in [4.78, 5) is 3.48. The molecule has 2 aromatic carbocycles. The zero-order valence-corrected chi connectivity index (χ0v) is 12.3. The summed E-state index contributed by atoms with van der Waals surface area (Å²) in [6.45, 7) is 4.06. The van der Waals surface area contributed by atoms with E-state index in [1.807, 2.05) is 50.2 Å². The zero-order chi connectivity index (χ0) is 14.3. The van der Waals surface area contributed by atoms with Crippen molar-refractivity contribution in [3.8, 4) is 11.3 Å². The quantitative estimate of drug-likeness (QED) is 0.705. The van der Waals surface area contributed by atoms with E-state index in [-0.39, 0.29) is 0 Å². The van der Waals surface area contributed by atoms with Crippen LogP contribution in [0.15, 0.2) is 48.5 Å². The van der Waals surface area contributed by atoms with Crippen molar-refractivity contribution in [2.75, 3.05) is 0 Å². The van der Waals surface area contributed by atoms with E-state index in [4.69, 9.17) is 17.3 Å². The van der Waals surface area contributed by atoms with E-state index in [2.05, 4.69) is 17.1 Å². The van der Waals surface area contributed by atoms with Crippen molar-refractivity contribution in [1.82, 2.24) is 4.98 Å². The van der Waals surface area contributed by atoms with Crippen LogP contribution >= 0.6 is 11.6 Å². The van der Waals surface area contributed by atoms with Crippen LogP contribution in [0.1, 0.15) is 19.4 Å². The average Bonchev–Trinajstić information content (AvgIpc) is 2.78. The van der Waals surface area contributed by atoms with Crippen LogP contribution in [0.4, 0.5) is 0 Å². The number of para-hydroxylation sites is 1. The van der Waals surface area contributed by atoms with Crippen molar-refractivity contribution in [3.05, 3.63) is 59.1 Å². The molecular formula is C17H17ClN2. The zero-order valence-electron chi connectivity index (χ0n) is 11.6. The maximum atomic E-state index is 6.39. The van der Waals surface area contributed by atoms with Gasteiger partial charge in [-0.15, -0.1) is 0 Å². The number of hydrogen-bond donors (Lipinski definition) is 2.